The molecule has 3 aromatic carbocycles. The minimum absolute atomic E-state index is 0.0459. The van der Waals surface area contributed by atoms with Gasteiger partial charge in [-0.3, -0.25) is 4.79 Å². The lowest BCUT2D eigenvalue weighted by molar-refractivity contribution is -0.136. The van der Waals surface area contributed by atoms with Crippen molar-refractivity contribution in [3.63, 3.8) is 0 Å². The summed E-state index contributed by atoms with van der Waals surface area (Å²) in [5, 5.41) is 9.06. The maximum absolute atomic E-state index is 11.0. The minimum Gasteiger partial charge on any atom is -0.481 e. The van der Waals surface area contributed by atoms with Gasteiger partial charge in [-0.2, -0.15) is 0 Å². The molecule has 0 saturated heterocycles. The van der Waals surface area contributed by atoms with Crippen molar-refractivity contribution in [2.24, 2.45) is 0 Å². The zero-order valence-corrected chi connectivity index (χ0v) is 16.4. The van der Waals surface area contributed by atoms with Crippen LogP contribution >= 0.6 is 0 Å². The van der Waals surface area contributed by atoms with Gasteiger partial charge in [0.2, 0.25) is 0 Å². The molecule has 0 aliphatic rings. The van der Waals surface area contributed by atoms with Crippen LogP contribution in [0.5, 0.6) is 17.2 Å². The molecular formula is C25H22O4. The molecule has 3 aromatic rings. The summed E-state index contributed by atoms with van der Waals surface area (Å²) in [6.07, 6.45) is -0.0459. The fraction of sp³-hybridized carbons (Fsp3) is 0.160. The highest BCUT2D eigenvalue weighted by molar-refractivity contribution is 5.71. The number of hydrogen-bond donors (Lipinski definition) is 1. The van der Waals surface area contributed by atoms with Crippen LogP contribution in [-0.4, -0.2) is 17.7 Å². The first-order valence-electron chi connectivity index (χ1n) is 9.28. The van der Waals surface area contributed by atoms with Crippen LogP contribution < -0.4 is 9.47 Å². The van der Waals surface area contributed by atoms with Gasteiger partial charge in [-0.05, 0) is 55.3 Å². The van der Waals surface area contributed by atoms with Gasteiger partial charge in [-0.1, -0.05) is 53.8 Å². The lowest BCUT2D eigenvalue weighted by atomic mass is 10.1. The second-order valence-corrected chi connectivity index (χ2v) is 6.62. The minimum atomic E-state index is -0.874. The summed E-state index contributed by atoms with van der Waals surface area (Å²) in [4.78, 5) is 11.0. The van der Waals surface area contributed by atoms with Crippen molar-refractivity contribution < 1.29 is 19.4 Å². The normalized spacial score (nSPS) is 10.0. The lowest BCUT2D eigenvalue weighted by Gasteiger charge is -2.14. The van der Waals surface area contributed by atoms with Crippen molar-refractivity contribution in [2.45, 2.75) is 20.3 Å². The Hall–Kier alpha value is -3.71. The molecule has 0 aromatic heterocycles. The molecule has 4 heteroatoms. The molecule has 29 heavy (non-hydrogen) atoms. The van der Waals surface area contributed by atoms with Crippen LogP contribution in [-0.2, 0) is 11.2 Å². The second-order valence-electron chi connectivity index (χ2n) is 6.62. The third kappa shape index (κ3) is 5.63. The Kier molecular flexibility index (Phi) is 6.55. The number of aryl methyl sites for hydroxylation is 1. The molecule has 0 amide bonds. The molecule has 1 N–H and O–H groups in total. The van der Waals surface area contributed by atoms with Gasteiger partial charge in [0.05, 0.1) is 6.42 Å². The Morgan fingerprint density at radius 3 is 2.31 bits per heavy atom. The molecule has 0 aliphatic heterocycles. The number of hydrogen-bond acceptors (Lipinski definition) is 3. The topological polar surface area (TPSA) is 55.8 Å². The number of carboxylic acids is 1. The quantitative estimate of drug-likeness (QED) is 0.595. The molecule has 0 aliphatic carbocycles. The van der Waals surface area contributed by atoms with E-state index in [1.807, 2.05) is 68.4 Å². The van der Waals surface area contributed by atoms with Gasteiger partial charge in [0.15, 0.2) is 11.5 Å². The molecular weight excluding hydrogens is 364 g/mol. The van der Waals surface area contributed by atoms with Gasteiger partial charge in [0.25, 0.3) is 0 Å². The average Bonchev–Trinajstić information content (AvgIpc) is 2.70. The second kappa shape index (κ2) is 9.48. The van der Waals surface area contributed by atoms with E-state index in [9.17, 15) is 4.79 Å². The van der Waals surface area contributed by atoms with E-state index in [1.54, 1.807) is 12.1 Å². The number of aliphatic carboxylic acids is 1. The van der Waals surface area contributed by atoms with Crippen molar-refractivity contribution in [1.82, 2.24) is 0 Å². The summed E-state index contributed by atoms with van der Waals surface area (Å²) < 4.78 is 11.8. The molecule has 146 valence electrons. The smallest absolute Gasteiger partial charge is 0.307 e. The van der Waals surface area contributed by atoms with E-state index >= 15 is 0 Å². The average molecular weight is 386 g/mol. The molecule has 0 unspecified atom stereocenters. The van der Waals surface area contributed by atoms with Crippen LogP contribution in [0.4, 0.5) is 0 Å². The number of carbonyl (C=O) groups is 1. The summed E-state index contributed by atoms with van der Waals surface area (Å²) in [7, 11) is 0. The Labute approximate surface area is 170 Å². The molecule has 0 radical (unpaired) electrons. The van der Waals surface area contributed by atoms with E-state index in [-0.39, 0.29) is 13.0 Å². The number of carboxylic acid groups (broad SMARTS) is 1. The third-order valence-corrected chi connectivity index (χ3v) is 4.39. The standard InChI is InChI=1S/C25H22O4/c1-18-12-14-20(15-13-18)7-6-16-28-23-9-3-4-10-24(23)29-22-11-5-8-21(19(22)2)17-25(26)27/h3-5,8-15H,16-17H2,1-2H3,(H,26,27). The van der Waals surface area contributed by atoms with Crippen molar-refractivity contribution in [3.8, 4) is 29.1 Å². The lowest BCUT2D eigenvalue weighted by Crippen LogP contribution is -2.03. The van der Waals surface area contributed by atoms with Gasteiger partial charge in [0, 0.05) is 5.56 Å². The molecule has 0 fully saturated rings. The Bertz CT molecular complexity index is 1060. The Morgan fingerprint density at radius 1 is 0.897 bits per heavy atom. The van der Waals surface area contributed by atoms with Crippen LogP contribution in [0.3, 0.4) is 0 Å². The van der Waals surface area contributed by atoms with E-state index < -0.39 is 5.97 Å². The highest BCUT2D eigenvalue weighted by Gasteiger charge is 2.11. The maximum atomic E-state index is 11.0. The largest absolute Gasteiger partial charge is 0.481 e. The summed E-state index contributed by atoms with van der Waals surface area (Å²) in [6.45, 7) is 4.12. The van der Waals surface area contributed by atoms with Crippen molar-refractivity contribution >= 4 is 5.97 Å². The van der Waals surface area contributed by atoms with Gasteiger partial charge in [0.1, 0.15) is 12.4 Å². The van der Waals surface area contributed by atoms with Gasteiger partial charge >= 0.3 is 5.97 Å². The Morgan fingerprint density at radius 2 is 1.59 bits per heavy atom. The monoisotopic (exact) mass is 386 g/mol. The number of rotatable bonds is 6. The fourth-order valence-corrected chi connectivity index (χ4v) is 2.79. The molecule has 0 heterocycles. The molecule has 0 bridgehead atoms. The van der Waals surface area contributed by atoms with Crippen LogP contribution in [0.25, 0.3) is 0 Å². The predicted octanol–water partition coefficient (Wildman–Crippen LogP) is 5.15. The molecule has 3 rings (SSSR count). The SMILES string of the molecule is Cc1ccc(C#CCOc2ccccc2Oc2cccc(CC(=O)O)c2C)cc1. The van der Waals surface area contributed by atoms with Crippen molar-refractivity contribution in [3.05, 3.63) is 89.0 Å². The molecule has 0 spiro atoms. The van der Waals surface area contributed by atoms with E-state index in [1.165, 1.54) is 5.56 Å². The van der Waals surface area contributed by atoms with Crippen LogP contribution in [0.15, 0.2) is 66.7 Å². The number of ether oxygens (including phenoxy) is 2. The van der Waals surface area contributed by atoms with Gasteiger partial charge in [-0.15, -0.1) is 0 Å². The van der Waals surface area contributed by atoms with Gasteiger partial charge < -0.3 is 14.6 Å². The highest BCUT2D eigenvalue weighted by Crippen LogP contribution is 2.33. The van der Waals surface area contributed by atoms with E-state index in [0.717, 1.165) is 16.7 Å². The Balaban J connectivity index is 1.71. The van der Waals surface area contributed by atoms with Crippen LogP contribution in [0.1, 0.15) is 22.3 Å². The summed E-state index contributed by atoms with van der Waals surface area (Å²) >= 11 is 0. The first-order chi connectivity index (χ1) is 14.0. The first-order valence-corrected chi connectivity index (χ1v) is 9.28. The number of benzene rings is 3. The molecule has 0 atom stereocenters. The summed E-state index contributed by atoms with van der Waals surface area (Å²) in [6, 6.07) is 20.7. The number of para-hydroxylation sites is 2. The van der Waals surface area contributed by atoms with Crippen LogP contribution in [0.2, 0.25) is 0 Å². The third-order valence-electron chi connectivity index (χ3n) is 4.39. The van der Waals surface area contributed by atoms with E-state index in [0.29, 0.717) is 17.2 Å². The summed E-state index contributed by atoms with van der Waals surface area (Å²) in [5.74, 6) is 6.95. The highest BCUT2D eigenvalue weighted by atomic mass is 16.5. The van der Waals surface area contributed by atoms with Gasteiger partial charge in [-0.25, -0.2) is 0 Å². The zero-order valence-electron chi connectivity index (χ0n) is 16.4. The van der Waals surface area contributed by atoms with Crippen molar-refractivity contribution in [1.29, 1.82) is 0 Å². The molecule has 0 saturated carbocycles. The predicted molar refractivity (Wildman–Crippen MR) is 113 cm³/mol. The maximum Gasteiger partial charge on any atom is 0.307 e. The molecule has 4 nitrogen and oxygen atoms in total. The zero-order chi connectivity index (χ0) is 20.6. The summed E-state index contributed by atoms with van der Waals surface area (Å²) in [5.41, 5.74) is 3.65. The van der Waals surface area contributed by atoms with Crippen LogP contribution in [0, 0.1) is 25.7 Å². The van der Waals surface area contributed by atoms with E-state index in [4.69, 9.17) is 14.6 Å². The first kappa shape index (κ1) is 20.0. The van der Waals surface area contributed by atoms with Crippen molar-refractivity contribution in [2.75, 3.05) is 6.61 Å². The van der Waals surface area contributed by atoms with E-state index in [2.05, 4.69) is 11.8 Å². The fourth-order valence-electron chi connectivity index (χ4n) is 2.79.